The molecular weight excluding hydrogens is 112 g/mol. The second kappa shape index (κ2) is 2.62. The van der Waals surface area contributed by atoms with Crippen LogP contribution in [0.3, 0.4) is 0 Å². The van der Waals surface area contributed by atoms with E-state index in [4.69, 9.17) is 0 Å². The lowest BCUT2D eigenvalue weighted by molar-refractivity contribution is -0.114. The van der Waals surface area contributed by atoms with Crippen LogP contribution in [-0.2, 0) is 4.79 Å². The summed E-state index contributed by atoms with van der Waals surface area (Å²) in [5.41, 5.74) is 0.949. The predicted octanol–water partition coefficient (Wildman–Crippen LogP) is 1.85. The first-order chi connectivity index (χ1) is 4.34. The minimum Gasteiger partial charge on any atom is -0.295 e. The molecule has 0 spiro atoms. The molecular formula is C8H10O. The molecule has 0 heterocycles. The van der Waals surface area contributed by atoms with Gasteiger partial charge in [0.1, 0.15) is 0 Å². The Morgan fingerprint density at radius 3 is 2.67 bits per heavy atom. The number of hydrogen-bond acceptors (Lipinski definition) is 1. The lowest BCUT2D eigenvalue weighted by atomic mass is 10.2. The highest BCUT2D eigenvalue weighted by molar-refractivity contribution is 5.97. The van der Waals surface area contributed by atoms with Crippen LogP contribution >= 0.6 is 0 Å². The maximum atomic E-state index is 10.8. The van der Waals surface area contributed by atoms with Crippen molar-refractivity contribution in [3.8, 4) is 0 Å². The van der Waals surface area contributed by atoms with Crippen molar-refractivity contribution in [3.05, 3.63) is 24.3 Å². The largest absolute Gasteiger partial charge is 0.295 e. The number of hydrogen-bond donors (Lipinski definition) is 0. The van der Waals surface area contributed by atoms with Gasteiger partial charge in [0, 0.05) is 6.42 Å². The molecule has 1 rings (SSSR count). The fourth-order valence-corrected chi connectivity index (χ4v) is 1.06. The average Bonchev–Trinajstić information content (AvgIpc) is 2.18. The SMILES string of the molecule is C=CC=C1CCCC1=O. The first-order valence-corrected chi connectivity index (χ1v) is 3.19. The lowest BCUT2D eigenvalue weighted by Gasteiger charge is -1.86. The summed E-state index contributed by atoms with van der Waals surface area (Å²) in [6, 6.07) is 0. The van der Waals surface area contributed by atoms with Gasteiger partial charge in [0.25, 0.3) is 0 Å². The van der Waals surface area contributed by atoms with Crippen LogP contribution in [0.15, 0.2) is 24.3 Å². The normalized spacial score (nSPS) is 23.1. The second-order valence-electron chi connectivity index (χ2n) is 2.20. The van der Waals surface area contributed by atoms with E-state index in [1.165, 1.54) is 0 Å². The zero-order chi connectivity index (χ0) is 6.69. The van der Waals surface area contributed by atoms with Crippen LogP contribution < -0.4 is 0 Å². The van der Waals surface area contributed by atoms with Crippen molar-refractivity contribution in [1.29, 1.82) is 0 Å². The van der Waals surface area contributed by atoms with E-state index >= 15 is 0 Å². The van der Waals surface area contributed by atoms with Crippen molar-refractivity contribution < 1.29 is 4.79 Å². The van der Waals surface area contributed by atoms with E-state index in [1.54, 1.807) is 6.08 Å². The molecule has 0 aromatic heterocycles. The fourth-order valence-electron chi connectivity index (χ4n) is 1.06. The van der Waals surface area contributed by atoms with Gasteiger partial charge in [0.05, 0.1) is 0 Å². The summed E-state index contributed by atoms with van der Waals surface area (Å²) in [5, 5.41) is 0. The van der Waals surface area contributed by atoms with E-state index in [0.29, 0.717) is 5.78 Å². The smallest absolute Gasteiger partial charge is 0.158 e. The number of rotatable bonds is 1. The Morgan fingerprint density at radius 1 is 1.44 bits per heavy atom. The summed E-state index contributed by atoms with van der Waals surface area (Å²) >= 11 is 0. The van der Waals surface area contributed by atoms with Gasteiger partial charge in [0.15, 0.2) is 5.78 Å². The lowest BCUT2D eigenvalue weighted by Crippen LogP contribution is -1.89. The Labute approximate surface area is 55.1 Å². The van der Waals surface area contributed by atoms with Crippen LogP contribution in [0.5, 0.6) is 0 Å². The molecule has 0 aromatic rings. The molecule has 1 nitrogen and oxygen atoms in total. The van der Waals surface area contributed by atoms with E-state index in [1.807, 2.05) is 6.08 Å². The molecule has 1 heteroatoms. The zero-order valence-electron chi connectivity index (χ0n) is 5.39. The molecule has 0 radical (unpaired) electrons. The molecule has 0 aromatic carbocycles. The van der Waals surface area contributed by atoms with Crippen LogP contribution in [0.25, 0.3) is 0 Å². The van der Waals surface area contributed by atoms with E-state index in [9.17, 15) is 4.79 Å². The van der Waals surface area contributed by atoms with Gasteiger partial charge in [-0.1, -0.05) is 18.7 Å². The number of Topliss-reactive ketones (excluding diaryl/α,β-unsaturated/α-hetero) is 1. The molecule has 48 valence electrons. The summed E-state index contributed by atoms with van der Waals surface area (Å²) in [6.45, 7) is 3.53. The van der Waals surface area contributed by atoms with Crippen LogP contribution in [0.4, 0.5) is 0 Å². The Balaban J connectivity index is 2.69. The molecule has 9 heavy (non-hydrogen) atoms. The maximum Gasteiger partial charge on any atom is 0.158 e. The van der Waals surface area contributed by atoms with Gasteiger partial charge in [-0.3, -0.25) is 4.79 Å². The summed E-state index contributed by atoms with van der Waals surface area (Å²) in [5.74, 6) is 0.301. The van der Waals surface area contributed by atoms with E-state index < -0.39 is 0 Å². The molecule has 1 aliphatic carbocycles. The third kappa shape index (κ3) is 1.28. The van der Waals surface area contributed by atoms with Crippen molar-refractivity contribution >= 4 is 5.78 Å². The fraction of sp³-hybridized carbons (Fsp3) is 0.375. The highest BCUT2D eigenvalue weighted by Gasteiger charge is 2.14. The third-order valence-corrected chi connectivity index (χ3v) is 1.53. The maximum absolute atomic E-state index is 10.8. The minimum absolute atomic E-state index is 0.301. The molecule has 0 bridgehead atoms. The Kier molecular flexibility index (Phi) is 1.83. The Bertz CT molecular complexity index is 165. The van der Waals surface area contributed by atoms with E-state index in [2.05, 4.69) is 6.58 Å². The van der Waals surface area contributed by atoms with Gasteiger partial charge < -0.3 is 0 Å². The van der Waals surface area contributed by atoms with Crippen molar-refractivity contribution in [2.45, 2.75) is 19.3 Å². The summed E-state index contributed by atoms with van der Waals surface area (Å²) in [6.07, 6.45) is 6.21. The van der Waals surface area contributed by atoms with Crippen LogP contribution in [0.2, 0.25) is 0 Å². The van der Waals surface area contributed by atoms with E-state index in [0.717, 1.165) is 24.8 Å². The minimum atomic E-state index is 0.301. The molecule has 0 amide bonds. The van der Waals surface area contributed by atoms with Gasteiger partial charge in [-0.25, -0.2) is 0 Å². The van der Waals surface area contributed by atoms with Gasteiger partial charge in [-0.05, 0) is 18.4 Å². The van der Waals surface area contributed by atoms with Crippen molar-refractivity contribution in [2.24, 2.45) is 0 Å². The summed E-state index contributed by atoms with van der Waals surface area (Å²) in [4.78, 5) is 10.8. The number of carbonyl (C=O) groups is 1. The monoisotopic (exact) mass is 122 g/mol. The third-order valence-electron chi connectivity index (χ3n) is 1.53. The van der Waals surface area contributed by atoms with Crippen LogP contribution in [0, 0.1) is 0 Å². The summed E-state index contributed by atoms with van der Waals surface area (Å²) in [7, 11) is 0. The molecule has 1 fully saturated rings. The standard InChI is InChI=1S/C8H10O/c1-2-4-7-5-3-6-8(7)9/h2,4H,1,3,5-6H2. The topological polar surface area (TPSA) is 17.1 Å². The van der Waals surface area contributed by atoms with Crippen molar-refractivity contribution in [2.75, 3.05) is 0 Å². The molecule has 0 saturated heterocycles. The average molecular weight is 122 g/mol. The Hall–Kier alpha value is -0.850. The summed E-state index contributed by atoms with van der Waals surface area (Å²) < 4.78 is 0. The van der Waals surface area contributed by atoms with Gasteiger partial charge >= 0.3 is 0 Å². The highest BCUT2D eigenvalue weighted by atomic mass is 16.1. The van der Waals surface area contributed by atoms with Crippen LogP contribution in [0.1, 0.15) is 19.3 Å². The number of ketones is 1. The van der Waals surface area contributed by atoms with Gasteiger partial charge in [0.2, 0.25) is 0 Å². The van der Waals surface area contributed by atoms with E-state index in [-0.39, 0.29) is 0 Å². The van der Waals surface area contributed by atoms with Gasteiger partial charge in [-0.2, -0.15) is 0 Å². The van der Waals surface area contributed by atoms with Crippen LogP contribution in [-0.4, -0.2) is 5.78 Å². The van der Waals surface area contributed by atoms with Gasteiger partial charge in [-0.15, -0.1) is 0 Å². The highest BCUT2D eigenvalue weighted by Crippen LogP contribution is 2.19. The molecule has 0 N–H and O–H groups in total. The first-order valence-electron chi connectivity index (χ1n) is 3.19. The second-order valence-corrected chi connectivity index (χ2v) is 2.20. The van der Waals surface area contributed by atoms with Crippen molar-refractivity contribution in [1.82, 2.24) is 0 Å². The predicted molar refractivity (Wildman–Crippen MR) is 37.1 cm³/mol. The zero-order valence-corrected chi connectivity index (χ0v) is 5.39. The van der Waals surface area contributed by atoms with Crippen molar-refractivity contribution in [3.63, 3.8) is 0 Å². The number of allylic oxidation sites excluding steroid dienone is 3. The molecule has 1 aliphatic rings. The number of carbonyl (C=O) groups excluding carboxylic acids is 1. The molecule has 1 saturated carbocycles. The molecule has 0 aliphatic heterocycles. The Morgan fingerprint density at radius 2 is 2.22 bits per heavy atom. The first kappa shape index (κ1) is 6.27. The molecule has 0 unspecified atom stereocenters. The quantitative estimate of drug-likeness (QED) is 0.485. The molecule has 0 atom stereocenters.